The Balaban J connectivity index is 1.81. The SMILES string of the molecule is C[C@@]1(c2cccnc2)NC(=O)N(C[C@H](O)c2ccc(F)cc2)C1=O. The van der Waals surface area contributed by atoms with Gasteiger partial charge in [0, 0.05) is 18.0 Å². The molecule has 1 aliphatic rings. The second-order valence-electron chi connectivity index (χ2n) is 5.78. The third-order valence-electron chi connectivity index (χ3n) is 4.12. The van der Waals surface area contributed by atoms with E-state index in [1.165, 1.54) is 30.5 Å². The highest BCUT2D eigenvalue weighted by Crippen LogP contribution is 2.29. The molecule has 0 aliphatic carbocycles. The van der Waals surface area contributed by atoms with Crippen molar-refractivity contribution in [2.75, 3.05) is 6.54 Å². The maximum atomic E-state index is 13.0. The van der Waals surface area contributed by atoms with Gasteiger partial charge in [-0.25, -0.2) is 9.18 Å². The Labute approximate surface area is 137 Å². The number of amides is 3. The molecule has 0 bridgehead atoms. The number of hydrogen-bond donors (Lipinski definition) is 2. The first-order chi connectivity index (χ1) is 11.4. The van der Waals surface area contributed by atoms with Crippen LogP contribution in [0.1, 0.15) is 24.2 Å². The van der Waals surface area contributed by atoms with Crippen LogP contribution in [0.2, 0.25) is 0 Å². The van der Waals surface area contributed by atoms with E-state index in [9.17, 15) is 19.1 Å². The van der Waals surface area contributed by atoms with E-state index in [1.54, 1.807) is 25.3 Å². The highest BCUT2D eigenvalue weighted by molar-refractivity contribution is 6.07. The maximum Gasteiger partial charge on any atom is 0.325 e. The number of pyridine rings is 1. The summed E-state index contributed by atoms with van der Waals surface area (Å²) in [7, 11) is 0. The summed E-state index contributed by atoms with van der Waals surface area (Å²) in [6.07, 6.45) is 1.99. The van der Waals surface area contributed by atoms with Gasteiger partial charge in [0.1, 0.15) is 11.4 Å². The molecule has 1 saturated heterocycles. The number of urea groups is 1. The first kappa shape index (κ1) is 16.1. The Bertz CT molecular complexity index is 766. The molecule has 2 aromatic rings. The van der Waals surface area contributed by atoms with Crippen molar-refractivity contribution in [3.05, 3.63) is 65.7 Å². The standard InChI is InChI=1S/C17H16FN3O3/c1-17(12-3-2-8-19-9-12)15(23)21(16(24)20-17)10-14(22)11-4-6-13(18)7-5-11/h2-9,14,22H,10H2,1H3,(H,20,24)/t14-,17-/m0/s1. The largest absolute Gasteiger partial charge is 0.387 e. The van der Waals surface area contributed by atoms with Gasteiger partial charge in [-0.15, -0.1) is 0 Å². The molecule has 2 heterocycles. The van der Waals surface area contributed by atoms with E-state index in [0.717, 1.165) is 4.90 Å². The van der Waals surface area contributed by atoms with Crippen molar-refractivity contribution >= 4 is 11.9 Å². The lowest BCUT2D eigenvalue weighted by molar-refractivity contribution is -0.132. The average Bonchev–Trinajstić information content (AvgIpc) is 2.80. The molecular formula is C17H16FN3O3. The zero-order valence-electron chi connectivity index (χ0n) is 12.9. The van der Waals surface area contributed by atoms with Gasteiger partial charge in [-0.1, -0.05) is 18.2 Å². The number of rotatable bonds is 4. The van der Waals surface area contributed by atoms with Gasteiger partial charge in [-0.3, -0.25) is 14.7 Å². The van der Waals surface area contributed by atoms with Crippen LogP contribution in [-0.4, -0.2) is 33.5 Å². The molecule has 3 rings (SSSR count). The predicted molar refractivity (Wildman–Crippen MR) is 83.2 cm³/mol. The fraction of sp³-hybridized carbons (Fsp3) is 0.235. The highest BCUT2D eigenvalue weighted by Gasteiger charge is 2.49. The van der Waals surface area contributed by atoms with Crippen LogP contribution >= 0.6 is 0 Å². The number of halogens is 1. The first-order valence-electron chi connectivity index (χ1n) is 7.40. The van der Waals surface area contributed by atoms with Crippen LogP contribution in [0.4, 0.5) is 9.18 Å². The molecule has 2 atom stereocenters. The quantitative estimate of drug-likeness (QED) is 0.837. The number of benzene rings is 1. The van der Waals surface area contributed by atoms with E-state index in [-0.39, 0.29) is 6.54 Å². The number of aromatic nitrogens is 1. The molecule has 24 heavy (non-hydrogen) atoms. The highest BCUT2D eigenvalue weighted by atomic mass is 19.1. The van der Waals surface area contributed by atoms with Gasteiger partial charge in [0.25, 0.3) is 5.91 Å². The molecule has 0 radical (unpaired) electrons. The van der Waals surface area contributed by atoms with E-state index in [4.69, 9.17) is 0 Å². The Kier molecular flexibility index (Phi) is 4.02. The van der Waals surface area contributed by atoms with E-state index < -0.39 is 29.4 Å². The zero-order chi connectivity index (χ0) is 17.3. The van der Waals surface area contributed by atoms with Crippen molar-refractivity contribution in [3.63, 3.8) is 0 Å². The fourth-order valence-corrected chi connectivity index (χ4v) is 2.68. The van der Waals surface area contributed by atoms with Crippen molar-refractivity contribution in [1.29, 1.82) is 0 Å². The van der Waals surface area contributed by atoms with Crippen molar-refractivity contribution in [2.24, 2.45) is 0 Å². The van der Waals surface area contributed by atoms with E-state index in [1.807, 2.05) is 0 Å². The molecule has 2 N–H and O–H groups in total. The zero-order valence-corrected chi connectivity index (χ0v) is 12.9. The number of imide groups is 1. The van der Waals surface area contributed by atoms with Gasteiger partial charge in [-0.05, 0) is 30.7 Å². The number of nitrogens with zero attached hydrogens (tertiary/aromatic N) is 2. The smallest absolute Gasteiger partial charge is 0.325 e. The normalized spacial score (nSPS) is 21.7. The lowest BCUT2D eigenvalue weighted by Gasteiger charge is -2.22. The minimum Gasteiger partial charge on any atom is -0.387 e. The molecule has 1 aromatic carbocycles. The summed E-state index contributed by atoms with van der Waals surface area (Å²) in [6.45, 7) is 1.38. The Morgan fingerprint density at radius 1 is 1.29 bits per heavy atom. The Morgan fingerprint density at radius 3 is 2.62 bits per heavy atom. The summed E-state index contributed by atoms with van der Waals surface area (Å²) in [4.78, 5) is 29.8. The topological polar surface area (TPSA) is 82.5 Å². The van der Waals surface area contributed by atoms with Crippen molar-refractivity contribution < 1.29 is 19.1 Å². The number of hydrogen-bond acceptors (Lipinski definition) is 4. The number of nitrogens with one attached hydrogen (secondary N) is 1. The molecule has 7 heteroatoms. The maximum absolute atomic E-state index is 13.0. The summed E-state index contributed by atoms with van der Waals surface area (Å²) < 4.78 is 13.0. The van der Waals surface area contributed by atoms with E-state index in [2.05, 4.69) is 10.3 Å². The van der Waals surface area contributed by atoms with E-state index in [0.29, 0.717) is 11.1 Å². The summed E-state index contributed by atoms with van der Waals surface area (Å²) in [5.41, 5.74) is -0.248. The third-order valence-corrected chi connectivity index (χ3v) is 4.12. The van der Waals surface area contributed by atoms with Gasteiger partial charge in [0.05, 0.1) is 12.6 Å². The summed E-state index contributed by atoms with van der Waals surface area (Å²) in [6, 6.07) is 8.04. The van der Waals surface area contributed by atoms with Crippen molar-refractivity contribution in [1.82, 2.24) is 15.2 Å². The minimum atomic E-state index is -1.23. The van der Waals surface area contributed by atoms with Gasteiger partial charge >= 0.3 is 6.03 Å². The first-order valence-corrected chi connectivity index (χ1v) is 7.40. The molecule has 1 aliphatic heterocycles. The van der Waals surface area contributed by atoms with Crippen LogP contribution in [0.25, 0.3) is 0 Å². The van der Waals surface area contributed by atoms with E-state index >= 15 is 0 Å². The van der Waals surface area contributed by atoms with Gasteiger partial charge in [-0.2, -0.15) is 0 Å². The second kappa shape index (κ2) is 6.01. The molecule has 1 fully saturated rings. The van der Waals surface area contributed by atoms with Gasteiger partial charge in [0.15, 0.2) is 0 Å². The fourth-order valence-electron chi connectivity index (χ4n) is 2.68. The summed E-state index contributed by atoms with van der Waals surface area (Å²) in [5.74, 6) is -0.897. The van der Waals surface area contributed by atoms with Crippen molar-refractivity contribution in [2.45, 2.75) is 18.6 Å². The minimum absolute atomic E-state index is 0.216. The molecule has 3 amide bonds. The lowest BCUT2D eigenvalue weighted by atomic mass is 9.93. The number of aliphatic hydroxyl groups is 1. The monoisotopic (exact) mass is 329 g/mol. The van der Waals surface area contributed by atoms with Crippen LogP contribution in [0.5, 0.6) is 0 Å². The predicted octanol–water partition coefficient (Wildman–Crippen LogP) is 1.72. The number of carbonyl (C=O) groups is 2. The number of β-amino-alcohol motifs (C(OH)–C–C–N with tert-alkyl or cyclic N) is 1. The average molecular weight is 329 g/mol. The molecule has 6 nitrogen and oxygen atoms in total. The molecule has 0 unspecified atom stereocenters. The number of aliphatic hydroxyl groups excluding tert-OH is 1. The molecule has 124 valence electrons. The van der Waals surface area contributed by atoms with Crippen LogP contribution in [0.3, 0.4) is 0 Å². The molecular weight excluding hydrogens is 313 g/mol. The summed E-state index contributed by atoms with van der Waals surface area (Å²) >= 11 is 0. The third kappa shape index (κ3) is 2.74. The van der Waals surface area contributed by atoms with Crippen LogP contribution in [0, 0.1) is 5.82 Å². The van der Waals surface area contributed by atoms with Crippen LogP contribution in [0.15, 0.2) is 48.8 Å². The van der Waals surface area contributed by atoms with Gasteiger partial charge in [0.2, 0.25) is 0 Å². The molecule has 1 aromatic heterocycles. The number of carbonyl (C=O) groups excluding carboxylic acids is 2. The van der Waals surface area contributed by atoms with Gasteiger partial charge < -0.3 is 10.4 Å². The lowest BCUT2D eigenvalue weighted by Crippen LogP contribution is -2.41. The molecule has 0 spiro atoms. The van der Waals surface area contributed by atoms with Crippen molar-refractivity contribution in [3.8, 4) is 0 Å². The van der Waals surface area contributed by atoms with Crippen LogP contribution in [-0.2, 0) is 10.3 Å². The summed E-state index contributed by atoms with van der Waals surface area (Å²) in [5, 5.41) is 12.9. The second-order valence-corrected chi connectivity index (χ2v) is 5.78. The Hall–Kier alpha value is -2.80. The van der Waals surface area contributed by atoms with Crippen LogP contribution < -0.4 is 5.32 Å². The molecule has 0 saturated carbocycles. The Morgan fingerprint density at radius 2 is 2.00 bits per heavy atom.